The van der Waals surface area contributed by atoms with Crippen LogP contribution < -0.4 is 10.2 Å². The van der Waals surface area contributed by atoms with Crippen LogP contribution in [0.4, 0.5) is 11.5 Å². The predicted octanol–water partition coefficient (Wildman–Crippen LogP) is 3.43. The van der Waals surface area contributed by atoms with Crippen LogP contribution in [-0.4, -0.2) is 30.0 Å². The topological polar surface area (TPSA) is 61.0 Å². The third-order valence-corrected chi connectivity index (χ3v) is 4.14. The van der Waals surface area contributed by atoms with E-state index in [1.165, 1.54) is 5.56 Å². The van der Waals surface area contributed by atoms with Gasteiger partial charge >= 0.3 is 0 Å². The van der Waals surface area contributed by atoms with E-state index in [2.05, 4.69) is 40.4 Å². The molecule has 0 unspecified atom stereocenters. The summed E-state index contributed by atoms with van der Waals surface area (Å²) in [6.45, 7) is 4.06. The molecule has 0 radical (unpaired) electrons. The van der Waals surface area contributed by atoms with Gasteiger partial charge in [0.05, 0.1) is 18.3 Å². The summed E-state index contributed by atoms with van der Waals surface area (Å²) >= 11 is 0. The van der Waals surface area contributed by atoms with E-state index < -0.39 is 0 Å². The van der Waals surface area contributed by atoms with Gasteiger partial charge in [-0.1, -0.05) is 11.6 Å². The predicted molar refractivity (Wildman–Crippen MR) is 98.7 cm³/mol. The Kier molecular flexibility index (Phi) is 4.25. The molecule has 0 bridgehead atoms. The molecule has 0 aliphatic rings. The lowest BCUT2D eigenvalue weighted by Gasteiger charge is -2.12. The Balaban J connectivity index is 1.77. The molecule has 5 heteroatoms. The molecule has 0 fully saturated rings. The number of anilines is 2. The van der Waals surface area contributed by atoms with Crippen molar-refractivity contribution >= 4 is 28.3 Å². The van der Waals surface area contributed by atoms with E-state index in [1.807, 2.05) is 38.1 Å². The second-order valence-corrected chi connectivity index (χ2v) is 6.30. The summed E-state index contributed by atoms with van der Waals surface area (Å²) in [5.41, 5.74) is 5.31. The molecular formula is C19H22N4O. The van der Waals surface area contributed by atoms with Gasteiger partial charge in [-0.2, -0.15) is 0 Å². The number of carbonyl (C=O) groups excluding carboxylic acids is 1. The number of nitrogens with zero attached hydrogens (tertiary/aromatic N) is 2. The van der Waals surface area contributed by atoms with Crippen molar-refractivity contribution in [1.29, 1.82) is 0 Å². The highest BCUT2D eigenvalue weighted by molar-refractivity contribution is 5.96. The molecule has 5 nitrogen and oxygen atoms in total. The number of aryl methyl sites for hydroxylation is 2. The first kappa shape index (κ1) is 16.1. The van der Waals surface area contributed by atoms with E-state index in [9.17, 15) is 4.79 Å². The molecule has 1 amide bonds. The van der Waals surface area contributed by atoms with Crippen LogP contribution in [0.15, 0.2) is 36.5 Å². The zero-order valence-corrected chi connectivity index (χ0v) is 14.5. The molecule has 2 aromatic heterocycles. The number of nitrogens with one attached hydrogen (secondary N) is 2. The number of fused-ring (bicyclic) bond motifs is 1. The van der Waals surface area contributed by atoms with Gasteiger partial charge in [-0.15, -0.1) is 0 Å². The van der Waals surface area contributed by atoms with Crippen molar-refractivity contribution in [2.75, 3.05) is 24.3 Å². The molecule has 24 heavy (non-hydrogen) atoms. The number of rotatable bonds is 4. The zero-order valence-electron chi connectivity index (χ0n) is 14.5. The SMILES string of the molecule is Cc1ccc2[nH]c(C)c(CC(=O)Nc3ccc(N(C)C)cn3)c2c1. The molecule has 0 aliphatic carbocycles. The number of hydrogen-bond donors (Lipinski definition) is 2. The number of carbonyl (C=O) groups is 1. The van der Waals surface area contributed by atoms with Crippen LogP contribution in [0.5, 0.6) is 0 Å². The highest BCUT2D eigenvalue weighted by Crippen LogP contribution is 2.24. The van der Waals surface area contributed by atoms with Crippen molar-refractivity contribution in [1.82, 2.24) is 9.97 Å². The summed E-state index contributed by atoms with van der Waals surface area (Å²) in [6.07, 6.45) is 2.07. The van der Waals surface area contributed by atoms with Gasteiger partial charge in [-0.25, -0.2) is 4.98 Å². The van der Waals surface area contributed by atoms with Crippen molar-refractivity contribution in [2.24, 2.45) is 0 Å². The first-order valence-electron chi connectivity index (χ1n) is 7.95. The summed E-state index contributed by atoms with van der Waals surface area (Å²) in [7, 11) is 3.91. The Morgan fingerprint density at radius 3 is 2.67 bits per heavy atom. The molecule has 0 spiro atoms. The smallest absolute Gasteiger partial charge is 0.230 e. The lowest BCUT2D eigenvalue weighted by atomic mass is 10.1. The first-order valence-corrected chi connectivity index (χ1v) is 7.95. The second kappa shape index (κ2) is 6.35. The lowest BCUT2D eigenvalue weighted by Crippen LogP contribution is -2.16. The van der Waals surface area contributed by atoms with Crippen LogP contribution in [-0.2, 0) is 11.2 Å². The largest absolute Gasteiger partial charge is 0.376 e. The number of amides is 1. The average molecular weight is 322 g/mol. The molecule has 124 valence electrons. The van der Waals surface area contributed by atoms with Gasteiger partial charge < -0.3 is 15.2 Å². The minimum absolute atomic E-state index is 0.0643. The van der Waals surface area contributed by atoms with Gasteiger partial charge in [0.25, 0.3) is 0 Å². The summed E-state index contributed by atoms with van der Waals surface area (Å²) in [6, 6.07) is 9.99. The van der Waals surface area contributed by atoms with Crippen molar-refractivity contribution in [2.45, 2.75) is 20.3 Å². The Bertz CT molecular complexity index is 878. The molecule has 2 heterocycles. The van der Waals surface area contributed by atoms with Crippen LogP contribution in [0.1, 0.15) is 16.8 Å². The summed E-state index contributed by atoms with van der Waals surface area (Å²) in [4.78, 5) is 22.0. The van der Waals surface area contributed by atoms with Crippen LogP contribution >= 0.6 is 0 Å². The van der Waals surface area contributed by atoms with Crippen LogP contribution in [0.25, 0.3) is 10.9 Å². The van der Waals surface area contributed by atoms with Gasteiger partial charge in [0.15, 0.2) is 0 Å². The molecule has 0 atom stereocenters. The minimum Gasteiger partial charge on any atom is -0.376 e. The fourth-order valence-electron chi connectivity index (χ4n) is 2.80. The maximum atomic E-state index is 12.4. The number of benzene rings is 1. The number of aromatic nitrogens is 2. The summed E-state index contributed by atoms with van der Waals surface area (Å²) < 4.78 is 0. The van der Waals surface area contributed by atoms with E-state index >= 15 is 0 Å². The van der Waals surface area contributed by atoms with Crippen molar-refractivity contribution < 1.29 is 4.79 Å². The third kappa shape index (κ3) is 3.25. The number of H-pyrrole nitrogens is 1. The van der Waals surface area contributed by atoms with E-state index in [0.29, 0.717) is 12.2 Å². The standard InChI is InChI=1S/C19H22N4O/c1-12-5-7-17-16(9-12)15(13(2)21-17)10-19(24)22-18-8-6-14(11-20-18)23(3)4/h5-9,11,21H,10H2,1-4H3,(H,20,22,24). The van der Waals surface area contributed by atoms with E-state index in [1.54, 1.807) is 6.20 Å². The van der Waals surface area contributed by atoms with Crippen molar-refractivity contribution in [3.05, 3.63) is 53.3 Å². The van der Waals surface area contributed by atoms with Crippen LogP contribution in [0, 0.1) is 13.8 Å². The molecule has 0 saturated carbocycles. The highest BCUT2D eigenvalue weighted by atomic mass is 16.1. The van der Waals surface area contributed by atoms with Gasteiger partial charge in [0.2, 0.25) is 5.91 Å². The van der Waals surface area contributed by atoms with Crippen LogP contribution in [0.2, 0.25) is 0 Å². The molecule has 3 aromatic rings. The average Bonchev–Trinajstić information content (AvgIpc) is 2.83. The number of pyridine rings is 1. The zero-order chi connectivity index (χ0) is 17.3. The fraction of sp³-hybridized carbons (Fsp3) is 0.263. The van der Waals surface area contributed by atoms with E-state index in [4.69, 9.17) is 0 Å². The quantitative estimate of drug-likeness (QED) is 0.773. The van der Waals surface area contributed by atoms with Crippen molar-refractivity contribution in [3.8, 4) is 0 Å². The van der Waals surface area contributed by atoms with Gasteiger partial charge in [-0.05, 0) is 43.7 Å². The maximum Gasteiger partial charge on any atom is 0.230 e. The first-order chi connectivity index (χ1) is 11.4. The summed E-state index contributed by atoms with van der Waals surface area (Å²) in [5, 5.41) is 3.98. The third-order valence-electron chi connectivity index (χ3n) is 4.14. The number of hydrogen-bond acceptors (Lipinski definition) is 3. The lowest BCUT2D eigenvalue weighted by molar-refractivity contribution is -0.115. The molecule has 3 rings (SSSR count). The summed E-state index contributed by atoms with van der Waals surface area (Å²) in [5.74, 6) is 0.505. The van der Waals surface area contributed by atoms with Gasteiger partial charge in [0.1, 0.15) is 5.82 Å². The Morgan fingerprint density at radius 2 is 2.00 bits per heavy atom. The molecule has 0 aliphatic heterocycles. The Hall–Kier alpha value is -2.82. The van der Waals surface area contributed by atoms with E-state index in [0.717, 1.165) is 27.8 Å². The Morgan fingerprint density at radius 1 is 1.21 bits per heavy atom. The fourth-order valence-corrected chi connectivity index (χ4v) is 2.80. The molecular weight excluding hydrogens is 300 g/mol. The van der Waals surface area contributed by atoms with Crippen LogP contribution in [0.3, 0.4) is 0 Å². The normalized spacial score (nSPS) is 10.8. The second-order valence-electron chi connectivity index (χ2n) is 6.30. The minimum atomic E-state index is -0.0643. The maximum absolute atomic E-state index is 12.4. The molecule has 2 N–H and O–H groups in total. The van der Waals surface area contributed by atoms with Gasteiger partial charge in [-0.3, -0.25) is 4.79 Å². The van der Waals surface area contributed by atoms with Crippen molar-refractivity contribution in [3.63, 3.8) is 0 Å². The molecule has 0 saturated heterocycles. The molecule has 1 aromatic carbocycles. The number of aromatic amines is 1. The monoisotopic (exact) mass is 322 g/mol. The highest BCUT2D eigenvalue weighted by Gasteiger charge is 2.13. The Labute approximate surface area is 141 Å². The van der Waals surface area contributed by atoms with Gasteiger partial charge in [0, 0.05) is 30.7 Å². The van der Waals surface area contributed by atoms with E-state index in [-0.39, 0.29) is 5.91 Å².